The first kappa shape index (κ1) is 13.0. The third-order valence-corrected chi connectivity index (χ3v) is 1.98. The van der Waals surface area contributed by atoms with E-state index in [1.165, 1.54) is 18.2 Å². The van der Waals surface area contributed by atoms with Gasteiger partial charge < -0.3 is 15.2 Å². The molecule has 5 nitrogen and oxygen atoms in total. The normalized spacial score (nSPS) is 9.76. The van der Waals surface area contributed by atoms with Crippen LogP contribution in [-0.4, -0.2) is 25.2 Å². The molecule has 0 aromatic heterocycles. The zero-order valence-corrected chi connectivity index (χ0v) is 9.86. The summed E-state index contributed by atoms with van der Waals surface area (Å²) in [6.07, 6.45) is 0. The zero-order valence-electron chi connectivity index (χ0n) is 9.86. The van der Waals surface area contributed by atoms with E-state index in [9.17, 15) is 9.59 Å². The topological polar surface area (TPSA) is 78.6 Å². The fraction of sp³-hybridized carbons (Fsp3) is 0.333. The third kappa shape index (κ3) is 3.48. The summed E-state index contributed by atoms with van der Waals surface area (Å²) in [4.78, 5) is 23.0. The number of anilines is 1. The van der Waals surface area contributed by atoms with E-state index in [2.05, 4.69) is 0 Å². The van der Waals surface area contributed by atoms with Gasteiger partial charge in [-0.3, -0.25) is 0 Å². The van der Waals surface area contributed by atoms with Gasteiger partial charge in [0.25, 0.3) is 0 Å². The molecule has 0 heterocycles. The van der Waals surface area contributed by atoms with Gasteiger partial charge in [0.05, 0.1) is 24.3 Å². The van der Waals surface area contributed by atoms with Crippen molar-refractivity contribution < 1.29 is 19.1 Å². The van der Waals surface area contributed by atoms with E-state index in [4.69, 9.17) is 15.2 Å². The molecule has 1 aromatic rings. The van der Waals surface area contributed by atoms with Crippen LogP contribution in [0.5, 0.6) is 0 Å². The smallest absolute Gasteiger partial charge is 0.338 e. The monoisotopic (exact) mass is 237 g/mol. The van der Waals surface area contributed by atoms with Crippen LogP contribution in [0.2, 0.25) is 0 Å². The molecule has 0 radical (unpaired) electrons. The minimum absolute atomic E-state index is 0.245. The van der Waals surface area contributed by atoms with Gasteiger partial charge in [-0.25, -0.2) is 9.59 Å². The lowest BCUT2D eigenvalue weighted by Gasteiger charge is -2.06. The molecule has 0 fully saturated rings. The number of nitrogen functional groups attached to an aromatic ring is 1. The maximum atomic E-state index is 11.5. The van der Waals surface area contributed by atoms with Gasteiger partial charge >= 0.3 is 11.9 Å². The van der Waals surface area contributed by atoms with Gasteiger partial charge in [0.2, 0.25) is 0 Å². The summed E-state index contributed by atoms with van der Waals surface area (Å²) in [6.45, 7) is 3.94. The summed E-state index contributed by atoms with van der Waals surface area (Å²) in [6, 6.07) is 4.33. The fourth-order valence-electron chi connectivity index (χ4n) is 1.32. The second-order valence-electron chi connectivity index (χ2n) is 3.28. The van der Waals surface area contributed by atoms with Crippen molar-refractivity contribution in [3.05, 3.63) is 29.3 Å². The number of benzene rings is 1. The number of esters is 2. The number of carbonyl (C=O) groups is 2. The molecule has 0 amide bonds. The molecular weight excluding hydrogens is 222 g/mol. The van der Waals surface area contributed by atoms with Crippen LogP contribution in [0.25, 0.3) is 0 Å². The SMILES string of the molecule is CCOC(=O)c1cc(N)cc(C(=O)OCC)c1. The second-order valence-corrected chi connectivity index (χ2v) is 3.28. The Balaban J connectivity index is 3.01. The predicted molar refractivity (Wildman–Crippen MR) is 62.8 cm³/mol. The van der Waals surface area contributed by atoms with Crippen LogP contribution >= 0.6 is 0 Å². The van der Waals surface area contributed by atoms with Crippen LogP contribution in [0.1, 0.15) is 34.6 Å². The molecule has 0 aliphatic carbocycles. The van der Waals surface area contributed by atoms with Crippen molar-refractivity contribution >= 4 is 17.6 Å². The molecule has 0 aliphatic rings. The van der Waals surface area contributed by atoms with Gasteiger partial charge in [-0.1, -0.05) is 0 Å². The lowest BCUT2D eigenvalue weighted by atomic mass is 10.1. The maximum Gasteiger partial charge on any atom is 0.338 e. The van der Waals surface area contributed by atoms with Crippen LogP contribution in [-0.2, 0) is 9.47 Å². The van der Waals surface area contributed by atoms with Crippen molar-refractivity contribution in [3.63, 3.8) is 0 Å². The van der Waals surface area contributed by atoms with Crippen molar-refractivity contribution in [2.24, 2.45) is 0 Å². The first-order chi connectivity index (χ1) is 8.08. The maximum absolute atomic E-state index is 11.5. The zero-order chi connectivity index (χ0) is 12.8. The van der Waals surface area contributed by atoms with Gasteiger partial charge in [0, 0.05) is 5.69 Å². The van der Waals surface area contributed by atoms with Crippen LogP contribution in [0.15, 0.2) is 18.2 Å². The number of hydrogen-bond donors (Lipinski definition) is 1. The van der Waals surface area contributed by atoms with E-state index >= 15 is 0 Å². The Morgan fingerprint density at radius 2 is 1.41 bits per heavy atom. The summed E-state index contributed by atoms with van der Waals surface area (Å²) in [5, 5.41) is 0. The Kier molecular flexibility index (Phi) is 4.51. The van der Waals surface area contributed by atoms with Gasteiger partial charge in [-0.15, -0.1) is 0 Å². The molecule has 1 rings (SSSR count). The molecule has 0 spiro atoms. The first-order valence-corrected chi connectivity index (χ1v) is 5.33. The highest BCUT2D eigenvalue weighted by Gasteiger charge is 2.13. The summed E-state index contributed by atoms with van der Waals surface area (Å²) in [7, 11) is 0. The molecule has 0 unspecified atom stereocenters. The molecule has 0 saturated carbocycles. The molecule has 2 N–H and O–H groups in total. The predicted octanol–water partition coefficient (Wildman–Crippen LogP) is 1.62. The number of carbonyl (C=O) groups excluding carboxylic acids is 2. The van der Waals surface area contributed by atoms with Crippen molar-refractivity contribution in [2.75, 3.05) is 18.9 Å². The van der Waals surface area contributed by atoms with E-state index < -0.39 is 11.9 Å². The molecule has 5 heteroatoms. The highest BCUT2D eigenvalue weighted by molar-refractivity contribution is 5.96. The average Bonchev–Trinajstić information content (AvgIpc) is 2.29. The van der Waals surface area contributed by atoms with Crippen LogP contribution < -0.4 is 5.73 Å². The van der Waals surface area contributed by atoms with Gasteiger partial charge in [0.1, 0.15) is 0 Å². The summed E-state index contributed by atoms with van der Waals surface area (Å²) in [5.74, 6) is -1.02. The van der Waals surface area contributed by atoms with Crippen molar-refractivity contribution in [3.8, 4) is 0 Å². The number of nitrogens with two attached hydrogens (primary N) is 1. The standard InChI is InChI=1S/C12H15NO4/c1-3-16-11(14)8-5-9(7-10(13)6-8)12(15)17-4-2/h5-7H,3-4,13H2,1-2H3. The Morgan fingerprint density at radius 1 is 1.00 bits per heavy atom. The number of rotatable bonds is 4. The van der Waals surface area contributed by atoms with E-state index in [0.29, 0.717) is 5.69 Å². The van der Waals surface area contributed by atoms with Gasteiger partial charge in [-0.05, 0) is 32.0 Å². The average molecular weight is 237 g/mol. The molecule has 0 aliphatic heterocycles. The second kappa shape index (κ2) is 5.89. The quantitative estimate of drug-likeness (QED) is 0.636. The number of ether oxygens (including phenoxy) is 2. The minimum Gasteiger partial charge on any atom is -0.462 e. The van der Waals surface area contributed by atoms with Gasteiger partial charge in [0.15, 0.2) is 0 Å². The Labute approximate surface area is 99.5 Å². The van der Waals surface area contributed by atoms with Crippen LogP contribution in [0.4, 0.5) is 5.69 Å². The lowest BCUT2D eigenvalue weighted by molar-refractivity contribution is 0.0525. The van der Waals surface area contributed by atoms with E-state index in [1.54, 1.807) is 13.8 Å². The largest absolute Gasteiger partial charge is 0.462 e. The van der Waals surface area contributed by atoms with Crippen molar-refractivity contribution in [2.45, 2.75) is 13.8 Å². The van der Waals surface area contributed by atoms with Crippen LogP contribution in [0.3, 0.4) is 0 Å². The fourth-order valence-corrected chi connectivity index (χ4v) is 1.32. The highest BCUT2D eigenvalue weighted by Crippen LogP contribution is 2.14. The molecule has 1 aromatic carbocycles. The van der Waals surface area contributed by atoms with Crippen molar-refractivity contribution in [1.82, 2.24) is 0 Å². The molecule has 17 heavy (non-hydrogen) atoms. The summed E-state index contributed by atoms with van der Waals surface area (Å²) >= 11 is 0. The summed E-state index contributed by atoms with van der Waals surface area (Å²) in [5.41, 5.74) is 6.42. The molecule has 92 valence electrons. The van der Waals surface area contributed by atoms with Crippen molar-refractivity contribution in [1.29, 1.82) is 0 Å². The highest BCUT2D eigenvalue weighted by atomic mass is 16.5. The molecule has 0 saturated heterocycles. The first-order valence-electron chi connectivity index (χ1n) is 5.33. The molecule has 0 bridgehead atoms. The number of hydrogen-bond acceptors (Lipinski definition) is 5. The van der Waals surface area contributed by atoms with E-state index in [0.717, 1.165) is 0 Å². The summed E-state index contributed by atoms with van der Waals surface area (Å²) < 4.78 is 9.66. The van der Waals surface area contributed by atoms with E-state index in [1.807, 2.05) is 0 Å². The Morgan fingerprint density at radius 3 is 1.76 bits per heavy atom. The van der Waals surface area contributed by atoms with E-state index in [-0.39, 0.29) is 24.3 Å². The molecule has 0 atom stereocenters. The minimum atomic E-state index is -0.509. The van der Waals surface area contributed by atoms with Crippen LogP contribution in [0, 0.1) is 0 Å². The Bertz CT molecular complexity index is 392. The van der Waals surface area contributed by atoms with Gasteiger partial charge in [-0.2, -0.15) is 0 Å². The lowest BCUT2D eigenvalue weighted by Crippen LogP contribution is -2.10. The molecular formula is C12H15NO4. The third-order valence-electron chi connectivity index (χ3n) is 1.98. The Hall–Kier alpha value is -2.04.